The van der Waals surface area contributed by atoms with Crippen LogP contribution in [0.25, 0.3) is 21.1 Å². The average Bonchev–Trinajstić information content (AvgIpc) is 3.14. The van der Waals surface area contributed by atoms with E-state index in [1.54, 1.807) is 0 Å². The van der Waals surface area contributed by atoms with E-state index >= 15 is 0 Å². The molecule has 0 spiro atoms. The number of nitrogens with one attached hydrogen (secondary N) is 2. The van der Waals surface area contributed by atoms with Crippen LogP contribution in [0.3, 0.4) is 0 Å². The summed E-state index contributed by atoms with van der Waals surface area (Å²) in [4.78, 5) is 45.9. The van der Waals surface area contributed by atoms with Crippen molar-refractivity contribution in [1.82, 2.24) is 15.0 Å². The molecule has 0 fully saturated rings. The molecule has 0 aliphatic rings. The number of benzene rings is 1. The summed E-state index contributed by atoms with van der Waals surface area (Å²) in [5, 5.41) is 29.0. The van der Waals surface area contributed by atoms with Crippen LogP contribution in [0, 0.1) is 24.0 Å². The number of carbonyl (C=O) groups is 1. The number of aromatic amines is 2. The second kappa shape index (κ2) is 7.15. The third-order valence-electron chi connectivity index (χ3n) is 4.61. The molecule has 3 heterocycles. The summed E-state index contributed by atoms with van der Waals surface area (Å²) in [7, 11) is 0. The topological polar surface area (TPSA) is 167 Å². The molecule has 0 bridgehead atoms. The van der Waals surface area contributed by atoms with E-state index in [-0.39, 0.29) is 40.4 Å². The Morgan fingerprint density at radius 1 is 1.33 bits per heavy atom. The zero-order chi connectivity index (χ0) is 21.6. The fraction of sp³-hybridized carbons (Fsp3) is 0.167. The van der Waals surface area contributed by atoms with E-state index in [9.17, 15) is 24.8 Å². The molecule has 1 amide bonds. The van der Waals surface area contributed by atoms with Gasteiger partial charge >= 0.3 is 0 Å². The van der Waals surface area contributed by atoms with Gasteiger partial charge in [0.15, 0.2) is 5.69 Å². The molecule has 0 aliphatic carbocycles. The van der Waals surface area contributed by atoms with Crippen molar-refractivity contribution < 1.29 is 14.8 Å². The number of azo groups is 1. The van der Waals surface area contributed by atoms with E-state index < -0.39 is 10.8 Å². The zero-order valence-electron chi connectivity index (χ0n) is 15.7. The summed E-state index contributed by atoms with van der Waals surface area (Å²) < 4.78 is 0. The lowest BCUT2D eigenvalue weighted by molar-refractivity contribution is -0.384. The highest BCUT2D eigenvalue weighted by Crippen LogP contribution is 2.37. The van der Waals surface area contributed by atoms with Crippen molar-refractivity contribution >= 4 is 49.7 Å². The summed E-state index contributed by atoms with van der Waals surface area (Å²) in [6, 6.07) is 3.91. The quantitative estimate of drug-likeness (QED) is 0.256. The van der Waals surface area contributed by atoms with Gasteiger partial charge in [0.2, 0.25) is 5.88 Å². The number of H-pyrrole nitrogens is 2. The van der Waals surface area contributed by atoms with Gasteiger partial charge in [-0.3, -0.25) is 19.7 Å². The van der Waals surface area contributed by atoms with Crippen molar-refractivity contribution in [2.75, 3.05) is 0 Å². The molecule has 0 radical (unpaired) electrons. The zero-order valence-corrected chi connectivity index (χ0v) is 16.5. The van der Waals surface area contributed by atoms with Gasteiger partial charge in [-0.15, -0.1) is 21.6 Å². The first kappa shape index (κ1) is 19.4. The predicted octanol–water partition coefficient (Wildman–Crippen LogP) is 3.55. The number of rotatable bonds is 4. The van der Waals surface area contributed by atoms with Crippen LogP contribution in [0.1, 0.15) is 16.3 Å². The highest BCUT2D eigenvalue weighted by Gasteiger charge is 2.16. The third kappa shape index (κ3) is 3.33. The number of nitro groups is 1. The number of aromatic hydroxyl groups is 1. The number of nitrogens with zero attached hydrogens (tertiary/aromatic N) is 4. The maximum Gasteiger partial charge on any atom is 0.272 e. The molecule has 0 unspecified atom stereocenters. The number of amides is 1. The van der Waals surface area contributed by atoms with Crippen LogP contribution in [0.15, 0.2) is 33.2 Å². The first-order valence-corrected chi connectivity index (χ1v) is 9.48. The number of nitro benzene ring substituents is 1. The minimum absolute atomic E-state index is 0.0940. The Bertz CT molecular complexity index is 1430. The molecule has 3 aromatic heterocycles. The number of non-ortho nitro benzene ring substituents is 1. The van der Waals surface area contributed by atoms with E-state index in [2.05, 4.69) is 25.2 Å². The van der Waals surface area contributed by atoms with Crippen molar-refractivity contribution in [3.63, 3.8) is 0 Å². The standard InChI is InChI=1S/C18H14N6O5S/c1-7-8(2)30-18-14(7)16(26)20-12(21-18)6-13(25)22-23-15-10-5-9(24(28)29)3-4-11(10)19-17(15)27/h3-5,19,27H,6H2,1-2H3,(H,20,21,26). The number of thiophene rings is 1. The first-order valence-electron chi connectivity index (χ1n) is 8.67. The molecule has 0 saturated carbocycles. The summed E-state index contributed by atoms with van der Waals surface area (Å²) in [5.74, 6) is -0.933. The van der Waals surface area contributed by atoms with Crippen LogP contribution in [0.4, 0.5) is 11.4 Å². The normalized spacial score (nSPS) is 11.7. The molecular formula is C18H14N6O5S. The largest absolute Gasteiger partial charge is 0.493 e. The molecule has 4 aromatic rings. The molecule has 3 N–H and O–H groups in total. The third-order valence-corrected chi connectivity index (χ3v) is 5.72. The number of carbonyl (C=O) groups excluding carboxylic acids is 1. The minimum atomic E-state index is -0.707. The first-order chi connectivity index (χ1) is 14.2. The molecule has 1 aromatic carbocycles. The number of aryl methyl sites for hydroxylation is 2. The molecule has 11 nitrogen and oxygen atoms in total. The summed E-state index contributed by atoms with van der Waals surface area (Å²) in [5.41, 5.74) is 0.636. The van der Waals surface area contributed by atoms with Gasteiger partial charge in [0, 0.05) is 22.4 Å². The summed E-state index contributed by atoms with van der Waals surface area (Å²) >= 11 is 1.36. The second-order valence-electron chi connectivity index (χ2n) is 6.56. The van der Waals surface area contributed by atoms with E-state index in [0.29, 0.717) is 15.7 Å². The van der Waals surface area contributed by atoms with Gasteiger partial charge in [0.05, 0.1) is 22.2 Å². The van der Waals surface area contributed by atoms with Gasteiger partial charge in [-0.1, -0.05) is 0 Å². The van der Waals surface area contributed by atoms with Gasteiger partial charge in [-0.2, -0.15) is 0 Å². The highest BCUT2D eigenvalue weighted by molar-refractivity contribution is 7.18. The molecule has 0 aliphatic heterocycles. The van der Waals surface area contributed by atoms with Crippen LogP contribution in [-0.4, -0.2) is 30.9 Å². The number of hydrogen-bond donors (Lipinski definition) is 3. The molecule has 4 rings (SSSR count). The van der Waals surface area contributed by atoms with Crippen molar-refractivity contribution in [3.05, 3.63) is 54.9 Å². The molecular weight excluding hydrogens is 412 g/mol. The predicted molar refractivity (Wildman–Crippen MR) is 110 cm³/mol. The van der Waals surface area contributed by atoms with Crippen LogP contribution in [-0.2, 0) is 11.2 Å². The lowest BCUT2D eigenvalue weighted by Gasteiger charge is -1.98. The van der Waals surface area contributed by atoms with Crippen molar-refractivity contribution in [1.29, 1.82) is 0 Å². The number of fused-ring (bicyclic) bond motifs is 2. The van der Waals surface area contributed by atoms with Crippen molar-refractivity contribution in [3.8, 4) is 5.88 Å². The van der Waals surface area contributed by atoms with Gasteiger partial charge in [0.25, 0.3) is 17.2 Å². The fourth-order valence-electron chi connectivity index (χ4n) is 3.03. The van der Waals surface area contributed by atoms with Gasteiger partial charge in [-0.05, 0) is 25.5 Å². The number of hydrogen-bond acceptors (Lipinski definition) is 8. The lowest BCUT2D eigenvalue weighted by Crippen LogP contribution is -2.13. The Kier molecular flexibility index (Phi) is 4.62. The summed E-state index contributed by atoms with van der Waals surface area (Å²) in [6.45, 7) is 3.72. The van der Waals surface area contributed by atoms with Crippen molar-refractivity contribution in [2.45, 2.75) is 20.3 Å². The molecule has 0 atom stereocenters. The Morgan fingerprint density at radius 2 is 2.10 bits per heavy atom. The van der Waals surface area contributed by atoms with Crippen molar-refractivity contribution in [2.24, 2.45) is 10.2 Å². The monoisotopic (exact) mass is 426 g/mol. The molecule has 30 heavy (non-hydrogen) atoms. The summed E-state index contributed by atoms with van der Waals surface area (Å²) in [6.07, 6.45) is -0.298. The fourth-order valence-corrected chi connectivity index (χ4v) is 4.08. The van der Waals surface area contributed by atoms with E-state index in [1.165, 1.54) is 29.5 Å². The van der Waals surface area contributed by atoms with Crippen LogP contribution < -0.4 is 5.56 Å². The van der Waals surface area contributed by atoms with E-state index in [0.717, 1.165) is 10.4 Å². The Labute approximate surface area is 171 Å². The highest BCUT2D eigenvalue weighted by atomic mass is 32.1. The smallest absolute Gasteiger partial charge is 0.272 e. The average molecular weight is 426 g/mol. The Morgan fingerprint density at radius 3 is 2.83 bits per heavy atom. The van der Waals surface area contributed by atoms with Gasteiger partial charge < -0.3 is 15.1 Å². The molecule has 12 heteroatoms. The lowest BCUT2D eigenvalue weighted by atomic mass is 10.2. The Balaban J connectivity index is 1.62. The van der Waals surface area contributed by atoms with Crippen LogP contribution >= 0.6 is 11.3 Å². The molecule has 0 saturated heterocycles. The maximum atomic E-state index is 12.3. The van der Waals surface area contributed by atoms with Gasteiger partial charge in [-0.25, -0.2) is 4.98 Å². The molecule has 152 valence electrons. The SMILES string of the molecule is Cc1sc2nc(CC(=O)N=Nc3c(O)[nH]c4ccc([N+](=O)[O-])cc34)[nH]c(=O)c2c1C. The Hall–Kier alpha value is -3.93. The second-order valence-corrected chi connectivity index (χ2v) is 7.76. The number of aromatic nitrogens is 3. The maximum absolute atomic E-state index is 12.3. The van der Waals surface area contributed by atoms with E-state index in [4.69, 9.17) is 0 Å². The van der Waals surface area contributed by atoms with Gasteiger partial charge in [0.1, 0.15) is 10.7 Å². The van der Waals surface area contributed by atoms with E-state index in [1.807, 2.05) is 13.8 Å². The van der Waals surface area contributed by atoms with Crippen LogP contribution in [0.5, 0.6) is 5.88 Å². The van der Waals surface area contributed by atoms with Crippen LogP contribution in [0.2, 0.25) is 0 Å². The minimum Gasteiger partial charge on any atom is -0.493 e.